The van der Waals surface area contributed by atoms with Gasteiger partial charge in [0.1, 0.15) is 24.3 Å². The highest BCUT2D eigenvalue weighted by Gasteiger charge is 2.30. The van der Waals surface area contributed by atoms with E-state index in [1.807, 2.05) is 54.3 Å². The molecule has 0 spiro atoms. The molecule has 154 valence electrons. The van der Waals surface area contributed by atoms with E-state index in [9.17, 15) is 9.18 Å². The van der Waals surface area contributed by atoms with Crippen molar-refractivity contribution in [3.05, 3.63) is 101 Å². The van der Waals surface area contributed by atoms with Gasteiger partial charge in [-0.2, -0.15) is 0 Å². The van der Waals surface area contributed by atoms with Crippen LogP contribution in [0.5, 0.6) is 5.75 Å². The molecular formula is C25H24FNO3. The molecule has 0 aromatic heterocycles. The molecule has 4 nitrogen and oxygen atoms in total. The van der Waals surface area contributed by atoms with Crippen molar-refractivity contribution in [3.63, 3.8) is 0 Å². The van der Waals surface area contributed by atoms with E-state index in [-0.39, 0.29) is 23.9 Å². The maximum Gasteiger partial charge on any atom is 0.254 e. The molecule has 1 fully saturated rings. The third-order valence-electron chi connectivity index (χ3n) is 5.12. The summed E-state index contributed by atoms with van der Waals surface area (Å²) in [6.45, 7) is 3.34. The van der Waals surface area contributed by atoms with Gasteiger partial charge in [0.25, 0.3) is 5.91 Å². The molecular weight excluding hydrogens is 381 g/mol. The third kappa shape index (κ3) is 4.86. The zero-order valence-electron chi connectivity index (χ0n) is 16.8. The van der Waals surface area contributed by atoms with Gasteiger partial charge in [0, 0.05) is 12.1 Å². The largest absolute Gasteiger partial charge is 0.489 e. The second-order valence-corrected chi connectivity index (χ2v) is 7.50. The first-order valence-electron chi connectivity index (χ1n) is 10.1. The molecule has 0 radical (unpaired) electrons. The predicted octanol–water partition coefficient (Wildman–Crippen LogP) is 5.01. The SMILES string of the molecule is CC1CN(C(=O)c2cccc(OCc3ccc(F)cc3)c2)CC(c2ccccc2)O1. The summed E-state index contributed by atoms with van der Waals surface area (Å²) in [7, 11) is 0. The molecule has 1 aliphatic rings. The molecule has 30 heavy (non-hydrogen) atoms. The first kappa shape index (κ1) is 20.1. The minimum Gasteiger partial charge on any atom is -0.489 e. The summed E-state index contributed by atoms with van der Waals surface area (Å²) < 4.78 is 24.9. The summed E-state index contributed by atoms with van der Waals surface area (Å²) in [6.07, 6.45) is -0.192. The predicted molar refractivity (Wildman–Crippen MR) is 113 cm³/mol. The molecule has 0 aliphatic carbocycles. The van der Waals surface area contributed by atoms with E-state index in [1.54, 1.807) is 24.3 Å². The van der Waals surface area contributed by atoms with E-state index in [0.717, 1.165) is 11.1 Å². The van der Waals surface area contributed by atoms with Crippen molar-refractivity contribution in [2.45, 2.75) is 25.7 Å². The molecule has 0 bridgehead atoms. The number of amides is 1. The Morgan fingerprint density at radius 2 is 1.80 bits per heavy atom. The monoisotopic (exact) mass is 405 g/mol. The topological polar surface area (TPSA) is 38.8 Å². The lowest BCUT2D eigenvalue weighted by Crippen LogP contribution is -2.45. The van der Waals surface area contributed by atoms with Crippen molar-refractivity contribution < 1.29 is 18.7 Å². The lowest BCUT2D eigenvalue weighted by molar-refractivity contribution is -0.0691. The molecule has 1 heterocycles. The second-order valence-electron chi connectivity index (χ2n) is 7.50. The Labute approximate surface area is 175 Å². The molecule has 3 aromatic carbocycles. The first-order valence-corrected chi connectivity index (χ1v) is 10.1. The Morgan fingerprint density at radius 1 is 1.03 bits per heavy atom. The Bertz CT molecular complexity index is 991. The van der Waals surface area contributed by atoms with Gasteiger partial charge in [-0.15, -0.1) is 0 Å². The summed E-state index contributed by atoms with van der Waals surface area (Å²) in [5.41, 5.74) is 2.51. The summed E-state index contributed by atoms with van der Waals surface area (Å²) >= 11 is 0. The number of benzene rings is 3. The van der Waals surface area contributed by atoms with Crippen LogP contribution in [0, 0.1) is 5.82 Å². The van der Waals surface area contributed by atoms with Gasteiger partial charge in [0.2, 0.25) is 0 Å². The van der Waals surface area contributed by atoms with Crippen LogP contribution in [0.3, 0.4) is 0 Å². The summed E-state index contributed by atoms with van der Waals surface area (Å²) in [4.78, 5) is 15.0. The van der Waals surface area contributed by atoms with Crippen molar-refractivity contribution in [3.8, 4) is 5.75 Å². The van der Waals surface area contributed by atoms with Crippen LogP contribution < -0.4 is 4.74 Å². The number of rotatable bonds is 5. The van der Waals surface area contributed by atoms with Gasteiger partial charge in [0.15, 0.2) is 0 Å². The van der Waals surface area contributed by atoms with Crippen LogP contribution in [0.4, 0.5) is 4.39 Å². The molecule has 2 atom stereocenters. The van der Waals surface area contributed by atoms with E-state index in [2.05, 4.69) is 0 Å². The minimum atomic E-state index is -0.278. The normalized spacial score (nSPS) is 18.8. The maximum atomic E-state index is 13.2. The van der Waals surface area contributed by atoms with Gasteiger partial charge in [0.05, 0.1) is 12.6 Å². The van der Waals surface area contributed by atoms with Crippen molar-refractivity contribution in [2.24, 2.45) is 0 Å². The standard InChI is InChI=1S/C25H24FNO3/c1-18-15-27(16-24(30-18)20-6-3-2-4-7-20)25(28)21-8-5-9-23(14-21)29-17-19-10-12-22(26)13-11-19/h2-14,18,24H,15-17H2,1H3. The number of carbonyl (C=O) groups is 1. The highest BCUT2D eigenvalue weighted by atomic mass is 19.1. The van der Waals surface area contributed by atoms with Crippen LogP contribution in [0.25, 0.3) is 0 Å². The van der Waals surface area contributed by atoms with Crippen LogP contribution in [0.15, 0.2) is 78.9 Å². The third-order valence-corrected chi connectivity index (χ3v) is 5.12. The molecule has 4 rings (SSSR count). The van der Waals surface area contributed by atoms with Gasteiger partial charge in [-0.1, -0.05) is 48.5 Å². The molecule has 0 N–H and O–H groups in total. The highest BCUT2D eigenvalue weighted by Crippen LogP contribution is 2.26. The molecule has 3 aromatic rings. The number of hydrogen-bond acceptors (Lipinski definition) is 3. The van der Waals surface area contributed by atoms with Gasteiger partial charge in [-0.25, -0.2) is 4.39 Å². The van der Waals surface area contributed by atoms with Gasteiger partial charge >= 0.3 is 0 Å². The van der Waals surface area contributed by atoms with E-state index in [0.29, 0.717) is 31.0 Å². The van der Waals surface area contributed by atoms with E-state index in [4.69, 9.17) is 9.47 Å². The Hall–Kier alpha value is -3.18. The van der Waals surface area contributed by atoms with Crippen LogP contribution in [0.2, 0.25) is 0 Å². The molecule has 1 amide bonds. The maximum absolute atomic E-state index is 13.2. The number of nitrogens with zero attached hydrogens (tertiary/aromatic N) is 1. The van der Waals surface area contributed by atoms with Crippen LogP contribution in [-0.2, 0) is 11.3 Å². The van der Waals surface area contributed by atoms with Gasteiger partial charge in [-0.3, -0.25) is 4.79 Å². The molecule has 1 saturated heterocycles. The van der Waals surface area contributed by atoms with Crippen LogP contribution in [-0.4, -0.2) is 30.0 Å². The summed E-state index contributed by atoms with van der Waals surface area (Å²) in [6, 6.07) is 23.3. The Morgan fingerprint density at radius 3 is 2.57 bits per heavy atom. The lowest BCUT2D eigenvalue weighted by Gasteiger charge is -2.37. The lowest BCUT2D eigenvalue weighted by atomic mass is 10.1. The number of morpholine rings is 1. The smallest absolute Gasteiger partial charge is 0.254 e. The van der Waals surface area contributed by atoms with E-state index in [1.165, 1.54) is 12.1 Å². The fourth-order valence-corrected chi connectivity index (χ4v) is 3.62. The fourth-order valence-electron chi connectivity index (χ4n) is 3.62. The van der Waals surface area contributed by atoms with E-state index >= 15 is 0 Å². The van der Waals surface area contributed by atoms with Crippen molar-refractivity contribution >= 4 is 5.91 Å². The van der Waals surface area contributed by atoms with Gasteiger partial charge < -0.3 is 14.4 Å². The van der Waals surface area contributed by atoms with Crippen LogP contribution >= 0.6 is 0 Å². The Balaban J connectivity index is 1.44. The molecule has 1 aliphatic heterocycles. The summed E-state index contributed by atoms with van der Waals surface area (Å²) in [5, 5.41) is 0. The van der Waals surface area contributed by atoms with Crippen molar-refractivity contribution in [1.29, 1.82) is 0 Å². The summed E-state index contributed by atoms with van der Waals surface area (Å²) in [5.74, 6) is 0.282. The Kier molecular flexibility index (Phi) is 6.10. The minimum absolute atomic E-state index is 0.0432. The van der Waals surface area contributed by atoms with Gasteiger partial charge in [-0.05, 0) is 48.4 Å². The zero-order chi connectivity index (χ0) is 20.9. The first-order chi connectivity index (χ1) is 14.6. The van der Waals surface area contributed by atoms with Crippen LogP contribution in [0.1, 0.15) is 34.5 Å². The molecule has 5 heteroatoms. The second kappa shape index (κ2) is 9.09. The molecule has 2 unspecified atom stereocenters. The number of halogens is 1. The zero-order valence-corrected chi connectivity index (χ0v) is 16.8. The van der Waals surface area contributed by atoms with Crippen molar-refractivity contribution in [2.75, 3.05) is 13.1 Å². The fraction of sp³-hybridized carbons (Fsp3) is 0.240. The number of hydrogen-bond donors (Lipinski definition) is 0. The average molecular weight is 405 g/mol. The van der Waals surface area contributed by atoms with E-state index < -0.39 is 0 Å². The number of carbonyl (C=O) groups excluding carboxylic acids is 1. The number of ether oxygens (including phenoxy) is 2. The van der Waals surface area contributed by atoms with Crippen molar-refractivity contribution in [1.82, 2.24) is 4.90 Å². The quantitative estimate of drug-likeness (QED) is 0.599. The highest BCUT2D eigenvalue weighted by molar-refractivity contribution is 5.94. The average Bonchev–Trinajstić information content (AvgIpc) is 2.78. The molecule has 0 saturated carbocycles.